The molecule has 0 aromatic heterocycles. The number of hydrogen-bond acceptors (Lipinski definition) is 2. The maximum atomic E-state index is 8.63. The average molecular weight is 218 g/mol. The summed E-state index contributed by atoms with van der Waals surface area (Å²) in [6.45, 7) is 2.58. The Morgan fingerprint density at radius 1 is 0.929 bits per heavy atom. The molecule has 0 fully saturated rings. The summed E-state index contributed by atoms with van der Waals surface area (Å²) >= 11 is 4.55. The Balaban J connectivity index is 3.06. The van der Waals surface area contributed by atoms with E-state index >= 15 is 0 Å². The zero-order valence-electron chi connectivity index (χ0n) is 9.54. The summed E-state index contributed by atoms with van der Waals surface area (Å²) in [5, 5.41) is 9.19. The molecule has 2 heteroatoms. The van der Waals surface area contributed by atoms with Crippen LogP contribution in [0.15, 0.2) is 0 Å². The Morgan fingerprint density at radius 3 is 2.07 bits per heavy atom. The monoisotopic (exact) mass is 218 g/mol. The largest absolute Gasteiger partial charge is 0.396 e. The summed E-state index contributed by atoms with van der Waals surface area (Å²) in [4.78, 5) is 0. The van der Waals surface area contributed by atoms with E-state index < -0.39 is 0 Å². The first-order valence-electron chi connectivity index (χ1n) is 6.10. The Hall–Kier alpha value is 0.310. The maximum Gasteiger partial charge on any atom is 0.0431 e. The highest BCUT2D eigenvalue weighted by molar-refractivity contribution is 7.80. The van der Waals surface area contributed by atoms with Crippen molar-refractivity contribution in [1.82, 2.24) is 0 Å². The molecule has 0 amide bonds. The zero-order valence-corrected chi connectivity index (χ0v) is 10.4. The van der Waals surface area contributed by atoms with Gasteiger partial charge in [-0.05, 0) is 19.3 Å². The van der Waals surface area contributed by atoms with E-state index in [1.807, 2.05) is 0 Å². The molecule has 1 atom stereocenters. The minimum absolute atomic E-state index is 0.330. The average Bonchev–Trinajstić information content (AvgIpc) is 2.18. The van der Waals surface area contributed by atoms with E-state index in [1.165, 1.54) is 38.5 Å². The van der Waals surface area contributed by atoms with Crippen LogP contribution < -0.4 is 0 Å². The van der Waals surface area contributed by atoms with Crippen molar-refractivity contribution >= 4 is 12.6 Å². The molecule has 0 spiro atoms. The minimum Gasteiger partial charge on any atom is -0.396 e. The molecule has 86 valence electrons. The van der Waals surface area contributed by atoms with Gasteiger partial charge in [-0.1, -0.05) is 45.4 Å². The predicted octanol–water partition coefficient (Wildman–Crippen LogP) is 3.81. The predicted molar refractivity (Wildman–Crippen MR) is 67.1 cm³/mol. The molecule has 1 N–H and O–H groups in total. The molecule has 0 bridgehead atoms. The van der Waals surface area contributed by atoms with E-state index in [4.69, 9.17) is 5.11 Å². The first-order valence-corrected chi connectivity index (χ1v) is 6.61. The van der Waals surface area contributed by atoms with Crippen LogP contribution in [0.5, 0.6) is 0 Å². The maximum absolute atomic E-state index is 8.63. The SMILES string of the molecule is CCCCCCCC(S)CCCCO. The van der Waals surface area contributed by atoms with Gasteiger partial charge in [0.05, 0.1) is 0 Å². The summed E-state index contributed by atoms with van der Waals surface area (Å²) in [7, 11) is 0. The highest BCUT2D eigenvalue weighted by Gasteiger charge is 2.01. The molecule has 14 heavy (non-hydrogen) atoms. The lowest BCUT2D eigenvalue weighted by atomic mass is 10.1. The molecule has 0 saturated carbocycles. The van der Waals surface area contributed by atoms with E-state index in [2.05, 4.69) is 19.6 Å². The zero-order chi connectivity index (χ0) is 10.6. The van der Waals surface area contributed by atoms with E-state index in [0.717, 1.165) is 19.3 Å². The molecular weight excluding hydrogens is 192 g/mol. The fourth-order valence-electron chi connectivity index (χ4n) is 1.62. The van der Waals surface area contributed by atoms with Gasteiger partial charge in [0.25, 0.3) is 0 Å². The van der Waals surface area contributed by atoms with Crippen LogP contribution in [-0.4, -0.2) is 17.0 Å². The number of aliphatic hydroxyl groups is 1. The van der Waals surface area contributed by atoms with Crippen molar-refractivity contribution in [2.24, 2.45) is 0 Å². The van der Waals surface area contributed by atoms with Gasteiger partial charge in [-0.3, -0.25) is 0 Å². The molecule has 0 rings (SSSR count). The first-order chi connectivity index (χ1) is 6.81. The minimum atomic E-state index is 0.330. The van der Waals surface area contributed by atoms with Crippen molar-refractivity contribution in [2.75, 3.05) is 6.61 Å². The molecular formula is C12H26OS. The van der Waals surface area contributed by atoms with Gasteiger partial charge in [-0.25, -0.2) is 0 Å². The van der Waals surface area contributed by atoms with Crippen molar-refractivity contribution in [3.63, 3.8) is 0 Å². The molecule has 1 unspecified atom stereocenters. The second-order valence-electron chi connectivity index (χ2n) is 4.08. The van der Waals surface area contributed by atoms with Gasteiger partial charge in [0, 0.05) is 11.9 Å². The van der Waals surface area contributed by atoms with E-state index in [9.17, 15) is 0 Å². The van der Waals surface area contributed by atoms with Crippen LogP contribution in [0.1, 0.15) is 64.7 Å². The summed E-state index contributed by atoms with van der Waals surface area (Å²) in [6, 6.07) is 0. The van der Waals surface area contributed by atoms with Crippen LogP contribution in [0.2, 0.25) is 0 Å². The standard InChI is InChI=1S/C12H26OS/c1-2-3-4-5-6-9-12(14)10-7-8-11-13/h12-14H,2-11H2,1H3. The third kappa shape index (κ3) is 10.4. The van der Waals surface area contributed by atoms with Crippen LogP contribution >= 0.6 is 12.6 Å². The van der Waals surface area contributed by atoms with Crippen molar-refractivity contribution in [1.29, 1.82) is 0 Å². The smallest absolute Gasteiger partial charge is 0.0431 e. The van der Waals surface area contributed by atoms with Crippen molar-refractivity contribution in [3.05, 3.63) is 0 Å². The Kier molecular flexibility index (Phi) is 11.6. The van der Waals surface area contributed by atoms with Gasteiger partial charge < -0.3 is 5.11 Å². The van der Waals surface area contributed by atoms with Crippen LogP contribution in [0.25, 0.3) is 0 Å². The van der Waals surface area contributed by atoms with Gasteiger partial charge in [-0.2, -0.15) is 12.6 Å². The Bertz CT molecular complexity index is 106. The quantitative estimate of drug-likeness (QED) is 0.422. The first kappa shape index (κ1) is 14.3. The normalized spacial score (nSPS) is 13.1. The number of rotatable bonds is 10. The summed E-state index contributed by atoms with van der Waals surface area (Å²) in [6.07, 6.45) is 11.2. The Labute approximate surface area is 94.7 Å². The molecule has 0 aromatic carbocycles. The van der Waals surface area contributed by atoms with E-state index in [-0.39, 0.29) is 0 Å². The fourth-order valence-corrected chi connectivity index (χ4v) is 1.98. The van der Waals surface area contributed by atoms with Crippen LogP contribution in [0.3, 0.4) is 0 Å². The Morgan fingerprint density at radius 2 is 1.50 bits per heavy atom. The van der Waals surface area contributed by atoms with Gasteiger partial charge in [-0.15, -0.1) is 0 Å². The van der Waals surface area contributed by atoms with Crippen LogP contribution in [0.4, 0.5) is 0 Å². The number of aliphatic hydroxyl groups excluding tert-OH is 1. The highest BCUT2D eigenvalue weighted by atomic mass is 32.1. The van der Waals surface area contributed by atoms with Crippen LogP contribution in [-0.2, 0) is 0 Å². The molecule has 0 saturated heterocycles. The molecule has 0 aliphatic heterocycles. The summed E-state index contributed by atoms with van der Waals surface area (Å²) in [5.74, 6) is 0. The van der Waals surface area contributed by atoms with Gasteiger partial charge in [0.15, 0.2) is 0 Å². The van der Waals surface area contributed by atoms with Crippen molar-refractivity contribution in [2.45, 2.75) is 70.0 Å². The number of hydrogen-bond donors (Lipinski definition) is 2. The van der Waals surface area contributed by atoms with Crippen molar-refractivity contribution in [3.8, 4) is 0 Å². The highest BCUT2D eigenvalue weighted by Crippen LogP contribution is 2.15. The van der Waals surface area contributed by atoms with E-state index in [1.54, 1.807) is 0 Å². The molecule has 0 aromatic rings. The summed E-state index contributed by atoms with van der Waals surface area (Å²) in [5.41, 5.74) is 0. The van der Waals surface area contributed by atoms with Gasteiger partial charge >= 0.3 is 0 Å². The van der Waals surface area contributed by atoms with Gasteiger partial charge in [0.1, 0.15) is 0 Å². The fraction of sp³-hybridized carbons (Fsp3) is 1.00. The lowest BCUT2D eigenvalue weighted by molar-refractivity contribution is 0.282. The molecule has 0 aliphatic carbocycles. The van der Waals surface area contributed by atoms with Gasteiger partial charge in [0.2, 0.25) is 0 Å². The second-order valence-corrected chi connectivity index (χ2v) is 4.81. The van der Waals surface area contributed by atoms with Crippen LogP contribution in [0, 0.1) is 0 Å². The lowest BCUT2D eigenvalue weighted by Gasteiger charge is -2.09. The number of unbranched alkanes of at least 4 members (excludes halogenated alkanes) is 5. The molecule has 0 aliphatic rings. The molecule has 1 nitrogen and oxygen atoms in total. The lowest BCUT2D eigenvalue weighted by Crippen LogP contribution is -1.99. The third-order valence-corrected chi connectivity index (χ3v) is 3.10. The number of thiol groups is 1. The third-order valence-electron chi connectivity index (χ3n) is 2.59. The second kappa shape index (κ2) is 11.4. The molecule has 0 heterocycles. The van der Waals surface area contributed by atoms with E-state index in [0.29, 0.717) is 11.9 Å². The van der Waals surface area contributed by atoms with Crippen molar-refractivity contribution < 1.29 is 5.11 Å². The summed E-state index contributed by atoms with van der Waals surface area (Å²) < 4.78 is 0. The topological polar surface area (TPSA) is 20.2 Å². The molecule has 0 radical (unpaired) electrons.